The molecule has 0 saturated carbocycles. The van der Waals surface area contributed by atoms with Crippen molar-refractivity contribution in [1.29, 1.82) is 0 Å². The number of nitrogens with zero attached hydrogens (tertiary/aromatic N) is 2. The largest absolute Gasteiger partial charge is 0.497 e. The van der Waals surface area contributed by atoms with Crippen LogP contribution in [0.3, 0.4) is 0 Å². The van der Waals surface area contributed by atoms with Crippen molar-refractivity contribution < 1.29 is 17.9 Å². The second-order valence-electron chi connectivity index (χ2n) is 6.53. The molecule has 0 fully saturated rings. The third-order valence-electron chi connectivity index (χ3n) is 3.51. The Labute approximate surface area is 158 Å². The Hall–Kier alpha value is -1.90. The van der Waals surface area contributed by atoms with E-state index in [0.29, 0.717) is 16.9 Å². The molecule has 26 heavy (non-hydrogen) atoms. The maximum absolute atomic E-state index is 12.9. The van der Waals surface area contributed by atoms with E-state index in [1.165, 1.54) is 12.3 Å². The Morgan fingerprint density at radius 1 is 1.23 bits per heavy atom. The van der Waals surface area contributed by atoms with Crippen LogP contribution in [-0.4, -0.2) is 37.6 Å². The first kappa shape index (κ1) is 20.4. The van der Waals surface area contributed by atoms with Crippen LogP contribution in [0.5, 0.6) is 11.8 Å². The van der Waals surface area contributed by atoms with Crippen molar-refractivity contribution in [3.05, 3.63) is 40.7 Å². The number of aromatic nitrogens is 2. The van der Waals surface area contributed by atoms with Gasteiger partial charge in [0.2, 0.25) is 10.0 Å². The van der Waals surface area contributed by atoms with Crippen LogP contribution in [0, 0.1) is 13.8 Å². The van der Waals surface area contributed by atoms with Gasteiger partial charge in [0, 0.05) is 6.20 Å². The fourth-order valence-corrected chi connectivity index (χ4v) is 4.51. The topological polar surface area (TPSA) is 90.4 Å². The van der Waals surface area contributed by atoms with Gasteiger partial charge < -0.3 is 9.47 Å². The Balaban J connectivity index is 2.19. The standard InChI is InChI=1S/C17H22ClN3O4S/c1-11-8-13(24-5)9-12(2)15(11)26(22,23)21-17(3,4)10-25-16-19-7-6-14(18)20-16/h6-9,21H,10H2,1-5H3. The van der Waals surface area contributed by atoms with Crippen LogP contribution in [0.4, 0.5) is 0 Å². The lowest BCUT2D eigenvalue weighted by atomic mass is 10.1. The van der Waals surface area contributed by atoms with Gasteiger partial charge >= 0.3 is 6.01 Å². The predicted molar refractivity (Wildman–Crippen MR) is 99.4 cm³/mol. The summed E-state index contributed by atoms with van der Waals surface area (Å²) in [5, 5.41) is 0.248. The van der Waals surface area contributed by atoms with Gasteiger partial charge in [-0.05, 0) is 57.0 Å². The van der Waals surface area contributed by atoms with Gasteiger partial charge in [-0.3, -0.25) is 0 Å². The van der Waals surface area contributed by atoms with Crippen LogP contribution in [-0.2, 0) is 10.0 Å². The first-order valence-corrected chi connectivity index (χ1v) is 9.71. The van der Waals surface area contributed by atoms with Crippen LogP contribution >= 0.6 is 11.6 Å². The summed E-state index contributed by atoms with van der Waals surface area (Å²) in [6, 6.07) is 4.98. The lowest BCUT2D eigenvalue weighted by molar-refractivity contribution is 0.214. The van der Waals surface area contributed by atoms with Gasteiger partial charge in [0.25, 0.3) is 0 Å². The fraction of sp³-hybridized carbons (Fsp3) is 0.412. The van der Waals surface area contributed by atoms with E-state index in [0.717, 1.165) is 0 Å². The van der Waals surface area contributed by atoms with Gasteiger partial charge in [-0.2, -0.15) is 4.98 Å². The Morgan fingerprint density at radius 2 is 1.85 bits per heavy atom. The van der Waals surface area contributed by atoms with Crippen molar-refractivity contribution in [3.8, 4) is 11.8 Å². The highest BCUT2D eigenvalue weighted by atomic mass is 35.5. The minimum absolute atomic E-state index is 0.0286. The van der Waals surface area contributed by atoms with E-state index >= 15 is 0 Å². The molecule has 0 unspecified atom stereocenters. The van der Waals surface area contributed by atoms with Crippen molar-refractivity contribution in [2.24, 2.45) is 0 Å². The molecule has 0 bridgehead atoms. The van der Waals surface area contributed by atoms with E-state index in [2.05, 4.69) is 14.7 Å². The van der Waals surface area contributed by atoms with Gasteiger partial charge in [-0.15, -0.1) is 0 Å². The number of ether oxygens (including phenoxy) is 2. The van der Waals surface area contributed by atoms with E-state index in [4.69, 9.17) is 21.1 Å². The van der Waals surface area contributed by atoms with Crippen molar-refractivity contribution in [1.82, 2.24) is 14.7 Å². The molecule has 1 aromatic heterocycles. The van der Waals surface area contributed by atoms with E-state index in [1.54, 1.807) is 46.9 Å². The Bertz CT molecular complexity index is 878. The summed E-state index contributed by atoms with van der Waals surface area (Å²) in [6.45, 7) is 6.91. The highest BCUT2D eigenvalue weighted by molar-refractivity contribution is 7.89. The molecule has 0 spiro atoms. The van der Waals surface area contributed by atoms with E-state index in [1.807, 2.05) is 0 Å². The summed E-state index contributed by atoms with van der Waals surface area (Å²) >= 11 is 5.79. The smallest absolute Gasteiger partial charge is 0.317 e. The maximum atomic E-state index is 12.9. The average molecular weight is 400 g/mol. The second kappa shape index (κ2) is 7.77. The number of halogens is 1. The third-order valence-corrected chi connectivity index (χ3v) is 5.72. The number of sulfonamides is 1. The lowest BCUT2D eigenvalue weighted by Gasteiger charge is -2.26. The van der Waals surface area contributed by atoms with Crippen molar-refractivity contribution in [2.75, 3.05) is 13.7 Å². The minimum atomic E-state index is -3.77. The number of aryl methyl sites for hydroxylation is 2. The summed E-state index contributed by atoms with van der Waals surface area (Å²) in [4.78, 5) is 8.08. The fourth-order valence-electron chi connectivity index (χ4n) is 2.53. The maximum Gasteiger partial charge on any atom is 0.317 e. The number of benzene rings is 1. The summed E-state index contributed by atoms with van der Waals surface area (Å²) in [5.41, 5.74) is 0.303. The molecular weight excluding hydrogens is 378 g/mol. The molecule has 7 nitrogen and oxygen atoms in total. The van der Waals surface area contributed by atoms with Crippen molar-refractivity contribution in [3.63, 3.8) is 0 Å². The van der Waals surface area contributed by atoms with E-state index in [-0.39, 0.29) is 22.7 Å². The molecule has 9 heteroatoms. The number of hydrogen-bond acceptors (Lipinski definition) is 6. The molecule has 0 aliphatic heterocycles. The van der Waals surface area contributed by atoms with Crippen LogP contribution in [0.15, 0.2) is 29.3 Å². The molecular formula is C17H22ClN3O4S. The van der Waals surface area contributed by atoms with Gasteiger partial charge in [0.05, 0.1) is 17.5 Å². The zero-order chi connectivity index (χ0) is 19.5. The molecule has 2 rings (SSSR count). The average Bonchev–Trinajstić information content (AvgIpc) is 2.51. The molecule has 0 aliphatic carbocycles. The minimum Gasteiger partial charge on any atom is -0.497 e. The molecule has 1 heterocycles. The molecule has 1 N–H and O–H groups in total. The van der Waals surface area contributed by atoms with Crippen molar-refractivity contribution >= 4 is 21.6 Å². The summed E-state index contributed by atoms with van der Waals surface area (Å²) in [6.07, 6.45) is 1.46. The van der Waals surface area contributed by atoms with Crippen molar-refractivity contribution in [2.45, 2.75) is 38.1 Å². The number of methoxy groups -OCH3 is 1. The summed E-state index contributed by atoms with van der Waals surface area (Å²) < 4.78 is 39.1. The van der Waals surface area contributed by atoms with Crippen LogP contribution < -0.4 is 14.2 Å². The lowest BCUT2D eigenvalue weighted by Crippen LogP contribution is -2.48. The van der Waals surface area contributed by atoms with E-state index in [9.17, 15) is 8.42 Å². The molecule has 0 radical (unpaired) electrons. The Morgan fingerprint density at radius 3 is 2.38 bits per heavy atom. The highest BCUT2D eigenvalue weighted by Crippen LogP contribution is 2.26. The number of hydrogen-bond donors (Lipinski definition) is 1. The quantitative estimate of drug-likeness (QED) is 0.720. The SMILES string of the molecule is COc1cc(C)c(S(=O)(=O)NC(C)(C)COc2nccc(Cl)n2)c(C)c1. The second-order valence-corrected chi connectivity index (χ2v) is 8.54. The van der Waals surface area contributed by atoms with E-state index < -0.39 is 15.6 Å². The molecule has 0 aliphatic rings. The highest BCUT2D eigenvalue weighted by Gasteiger charge is 2.29. The molecule has 2 aromatic rings. The normalized spacial score (nSPS) is 12.1. The molecule has 0 atom stereocenters. The zero-order valence-electron chi connectivity index (χ0n) is 15.3. The molecule has 0 amide bonds. The van der Waals surface area contributed by atoms with Gasteiger partial charge in [-0.25, -0.2) is 18.1 Å². The monoisotopic (exact) mass is 399 g/mol. The molecule has 0 saturated heterocycles. The zero-order valence-corrected chi connectivity index (χ0v) is 16.9. The van der Waals surface area contributed by atoms with Gasteiger partial charge in [0.1, 0.15) is 17.5 Å². The molecule has 142 valence electrons. The predicted octanol–water partition coefficient (Wildman–Crippen LogP) is 2.89. The first-order valence-electron chi connectivity index (χ1n) is 7.85. The number of nitrogens with one attached hydrogen (secondary N) is 1. The van der Waals surface area contributed by atoms with Crippen LogP contribution in [0.25, 0.3) is 0 Å². The third kappa shape index (κ3) is 5.06. The Kier molecular flexibility index (Phi) is 6.10. The van der Waals surface area contributed by atoms with Crippen LogP contribution in [0.2, 0.25) is 5.15 Å². The van der Waals surface area contributed by atoms with Gasteiger partial charge in [0.15, 0.2) is 0 Å². The number of rotatable bonds is 7. The molecule has 1 aromatic carbocycles. The first-order chi connectivity index (χ1) is 12.0. The van der Waals surface area contributed by atoms with Crippen LogP contribution in [0.1, 0.15) is 25.0 Å². The summed E-state index contributed by atoms with van der Waals surface area (Å²) in [5.74, 6) is 0.611. The summed E-state index contributed by atoms with van der Waals surface area (Å²) in [7, 11) is -2.23. The van der Waals surface area contributed by atoms with Gasteiger partial charge in [-0.1, -0.05) is 11.6 Å².